The Morgan fingerprint density at radius 1 is 1.10 bits per heavy atom. The number of hydrogen-bond donors (Lipinski definition) is 2. The first-order valence-electron chi connectivity index (χ1n) is 11.5. The average molecular weight is 435 g/mol. The quantitative estimate of drug-likeness (QED) is 0.745. The second kappa shape index (κ2) is 7.33. The lowest BCUT2D eigenvalue weighted by atomic mass is 9.49. The zero-order chi connectivity index (χ0) is 21.1. The van der Waals surface area contributed by atoms with Gasteiger partial charge in [0.15, 0.2) is 0 Å². The van der Waals surface area contributed by atoms with Gasteiger partial charge in [-0.2, -0.15) is 5.10 Å². The normalized spacial score (nSPS) is 33.9. The van der Waals surface area contributed by atoms with E-state index in [1.165, 1.54) is 38.5 Å². The Morgan fingerprint density at radius 3 is 2.17 bits per heavy atom. The molecule has 1 amide bonds. The van der Waals surface area contributed by atoms with Crippen LogP contribution in [0.3, 0.4) is 0 Å². The molecule has 8 heteroatoms. The minimum atomic E-state index is -3.60. The molecule has 0 aromatic carbocycles. The van der Waals surface area contributed by atoms with Gasteiger partial charge >= 0.3 is 0 Å². The van der Waals surface area contributed by atoms with Gasteiger partial charge in [-0.15, -0.1) is 0 Å². The third-order valence-electron chi connectivity index (χ3n) is 8.19. The molecule has 0 radical (unpaired) electrons. The summed E-state index contributed by atoms with van der Waals surface area (Å²) < 4.78 is 28.4. The van der Waals surface area contributed by atoms with E-state index in [1.807, 2.05) is 4.90 Å². The highest BCUT2D eigenvalue weighted by molar-refractivity contribution is 7.89. The van der Waals surface area contributed by atoms with Crippen molar-refractivity contribution in [1.29, 1.82) is 0 Å². The van der Waals surface area contributed by atoms with E-state index in [4.69, 9.17) is 0 Å². The minimum absolute atomic E-state index is 0.132. The molecule has 0 unspecified atom stereocenters. The zero-order valence-corrected chi connectivity index (χ0v) is 18.9. The predicted molar refractivity (Wildman–Crippen MR) is 113 cm³/mol. The van der Waals surface area contributed by atoms with E-state index in [0.717, 1.165) is 17.8 Å². The number of aryl methyl sites for hydroxylation is 2. The number of amides is 1. The summed E-state index contributed by atoms with van der Waals surface area (Å²) in [5, 5.41) is 6.74. The molecule has 1 aromatic heterocycles. The van der Waals surface area contributed by atoms with Crippen molar-refractivity contribution in [2.45, 2.75) is 82.6 Å². The maximum atomic E-state index is 13.1. The van der Waals surface area contributed by atoms with Gasteiger partial charge in [0, 0.05) is 25.6 Å². The SMILES string of the molecule is Cc1n[nH]c(C)c1S(=O)(=O)NC1CCN(C(=O)CC23CC4CC(CC(C4)C2)C3)CC1. The summed E-state index contributed by atoms with van der Waals surface area (Å²) in [5.74, 6) is 2.87. The molecule has 7 nitrogen and oxygen atoms in total. The smallest absolute Gasteiger partial charge is 0.244 e. The lowest BCUT2D eigenvalue weighted by molar-refractivity contribution is -0.140. The monoisotopic (exact) mass is 434 g/mol. The molecule has 5 fully saturated rings. The van der Waals surface area contributed by atoms with E-state index >= 15 is 0 Å². The minimum Gasteiger partial charge on any atom is -0.343 e. The Hall–Kier alpha value is -1.41. The van der Waals surface area contributed by atoms with E-state index in [9.17, 15) is 13.2 Å². The van der Waals surface area contributed by atoms with Crippen LogP contribution in [0.4, 0.5) is 0 Å². The molecule has 1 aromatic rings. The Morgan fingerprint density at radius 2 is 1.67 bits per heavy atom. The highest BCUT2D eigenvalue weighted by Crippen LogP contribution is 2.61. The molecule has 0 atom stereocenters. The van der Waals surface area contributed by atoms with E-state index in [2.05, 4.69) is 14.9 Å². The van der Waals surface area contributed by atoms with Crippen LogP contribution >= 0.6 is 0 Å². The van der Waals surface area contributed by atoms with E-state index in [-0.39, 0.29) is 16.4 Å². The molecule has 2 N–H and O–H groups in total. The Bertz CT molecular complexity index is 875. The maximum absolute atomic E-state index is 13.1. The number of nitrogens with zero attached hydrogens (tertiary/aromatic N) is 2. The fourth-order valence-corrected chi connectivity index (χ4v) is 9.08. The number of sulfonamides is 1. The van der Waals surface area contributed by atoms with Gasteiger partial charge in [0.2, 0.25) is 15.9 Å². The molecule has 5 aliphatic rings. The first-order chi connectivity index (χ1) is 14.2. The van der Waals surface area contributed by atoms with Gasteiger partial charge in [0.05, 0.1) is 11.4 Å². The molecule has 4 bridgehead atoms. The number of hydrogen-bond acceptors (Lipinski definition) is 4. The second-order valence-corrected chi connectivity index (χ2v) is 12.3. The number of carbonyl (C=O) groups excluding carboxylic acids is 1. The van der Waals surface area contributed by atoms with Crippen LogP contribution in [-0.2, 0) is 14.8 Å². The van der Waals surface area contributed by atoms with Crippen molar-refractivity contribution in [2.75, 3.05) is 13.1 Å². The molecule has 30 heavy (non-hydrogen) atoms. The van der Waals surface area contributed by atoms with Gasteiger partial charge < -0.3 is 4.90 Å². The number of aromatic amines is 1. The van der Waals surface area contributed by atoms with Crippen molar-refractivity contribution in [3.8, 4) is 0 Å². The van der Waals surface area contributed by atoms with Crippen molar-refractivity contribution in [1.82, 2.24) is 19.8 Å². The van der Waals surface area contributed by atoms with Crippen LogP contribution in [0.1, 0.15) is 69.2 Å². The largest absolute Gasteiger partial charge is 0.343 e. The molecule has 166 valence electrons. The van der Waals surface area contributed by atoms with Crippen LogP contribution in [0.5, 0.6) is 0 Å². The van der Waals surface area contributed by atoms with E-state index < -0.39 is 10.0 Å². The maximum Gasteiger partial charge on any atom is 0.244 e. The third-order valence-corrected chi connectivity index (χ3v) is 9.97. The summed E-state index contributed by atoms with van der Waals surface area (Å²) in [4.78, 5) is 15.4. The highest BCUT2D eigenvalue weighted by atomic mass is 32.2. The average Bonchev–Trinajstić information content (AvgIpc) is 2.99. The van der Waals surface area contributed by atoms with Crippen LogP contribution < -0.4 is 4.72 Å². The van der Waals surface area contributed by atoms with E-state index in [0.29, 0.717) is 49.6 Å². The van der Waals surface area contributed by atoms with Crippen molar-refractivity contribution in [3.63, 3.8) is 0 Å². The number of nitrogens with one attached hydrogen (secondary N) is 2. The molecule has 6 rings (SSSR count). The summed E-state index contributed by atoms with van der Waals surface area (Å²) in [6.45, 7) is 4.70. The number of carbonyl (C=O) groups is 1. The molecule has 4 aliphatic carbocycles. The third kappa shape index (κ3) is 3.70. The van der Waals surface area contributed by atoms with Crippen LogP contribution in [0, 0.1) is 37.0 Å². The first kappa shape index (κ1) is 20.5. The van der Waals surface area contributed by atoms with Gasteiger partial charge in [0.25, 0.3) is 0 Å². The fourth-order valence-electron chi connectivity index (χ4n) is 7.40. The summed E-state index contributed by atoms with van der Waals surface area (Å²) in [6.07, 6.45) is 10.0. The first-order valence-corrected chi connectivity index (χ1v) is 13.0. The topological polar surface area (TPSA) is 95.2 Å². The molecule has 4 saturated carbocycles. The number of rotatable bonds is 5. The number of aromatic nitrogens is 2. The van der Waals surface area contributed by atoms with Crippen LogP contribution in [0.15, 0.2) is 4.90 Å². The molecule has 2 heterocycles. The van der Waals surface area contributed by atoms with Crippen LogP contribution in [0.25, 0.3) is 0 Å². The van der Waals surface area contributed by atoms with Gasteiger partial charge in [-0.05, 0) is 88.4 Å². The predicted octanol–water partition coefficient (Wildman–Crippen LogP) is 2.90. The summed E-state index contributed by atoms with van der Waals surface area (Å²) >= 11 is 0. The summed E-state index contributed by atoms with van der Waals surface area (Å²) in [7, 11) is -3.60. The Labute approximate surface area is 179 Å². The number of likely N-dealkylation sites (tertiary alicyclic amines) is 1. The molecular weight excluding hydrogens is 400 g/mol. The standard InChI is InChI=1S/C22H34N4O3S/c1-14-21(15(2)24-23-14)30(28,29)25-19-3-5-26(6-4-19)20(27)13-22-10-16-7-17(11-22)9-18(8-16)12-22/h16-19,25H,3-13H2,1-2H3,(H,23,24). The van der Waals surface area contributed by atoms with Gasteiger partial charge in [-0.3, -0.25) is 9.89 Å². The molecule has 0 spiro atoms. The highest BCUT2D eigenvalue weighted by Gasteiger charge is 2.51. The Kier molecular flexibility index (Phi) is 5.01. The Balaban J connectivity index is 1.17. The lowest BCUT2D eigenvalue weighted by Crippen LogP contribution is -2.50. The van der Waals surface area contributed by atoms with Gasteiger partial charge in [-0.25, -0.2) is 13.1 Å². The molecule has 1 saturated heterocycles. The molecular formula is C22H34N4O3S. The van der Waals surface area contributed by atoms with Crippen molar-refractivity contribution >= 4 is 15.9 Å². The van der Waals surface area contributed by atoms with Crippen molar-refractivity contribution in [3.05, 3.63) is 11.4 Å². The zero-order valence-electron chi connectivity index (χ0n) is 18.1. The molecule has 1 aliphatic heterocycles. The summed E-state index contributed by atoms with van der Waals surface area (Å²) in [6, 6.07) is -0.132. The summed E-state index contributed by atoms with van der Waals surface area (Å²) in [5.41, 5.74) is 1.31. The second-order valence-electron chi connectivity index (χ2n) is 10.6. The van der Waals surface area contributed by atoms with Crippen LogP contribution in [-0.4, -0.2) is 48.6 Å². The van der Waals surface area contributed by atoms with Crippen LogP contribution in [0.2, 0.25) is 0 Å². The van der Waals surface area contributed by atoms with Gasteiger partial charge in [0.1, 0.15) is 4.90 Å². The number of H-pyrrole nitrogens is 1. The van der Waals surface area contributed by atoms with Crippen molar-refractivity contribution in [2.24, 2.45) is 23.2 Å². The fraction of sp³-hybridized carbons (Fsp3) is 0.818. The van der Waals surface area contributed by atoms with E-state index in [1.54, 1.807) is 13.8 Å². The van der Waals surface area contributed by atoms with Crippen molar-refractivity contribution < 1.29 is 13.2 Å². The van der Waals surface area contributed by atoms with Gasteiger partial charge in [-0.1, -0.05) is 0 Å². The lowest BCUT2D eigenvalue weighted by Gasteiger charge is -2.57. The number of piperidine rings is 1.